The normalized spacial score (nSPS) is 11.7. The summed E-state index contributed by atoms with van der Waals surface area (Å²) >= 11 is 0. The molecule has 0 aliphatic heterocycles. The predicted octanol–water partition coefficient (Wildman–Crippen LogP) is 0.134. The summed E-state index contributed by atoms with van der Waals surface area (Å²) in [7, 11) is 0. The molecule has 0 radical (unpaired) electrons. The summed E-state index contributed by atoms with van der Waals surface area (Å²) in [5.74, 6) is -1.03. The maximum Gasteiger partial charge on any atom is 0.326 e. The van der Waals surface area contributed by atoms with Gasteiger partial charge in [0.2, 0.25) is 6.41 Å². The molecule has 0 spiro atoms. The molecule has 0 aliphatic rings. The Bertz CT molecular complexity index is 364. The van der Waals surface area contributed by atoms with Crippen LogP contribution in [0.25, 0.3) is 0 Å². The lowest BCUT2D eigenvalue weighted by Gasteiger charge is -2.10. The summed E-state index contributed by atoms with van der Waals surface area (Å²) in [4.78, 5) is 20.8. The van der Waals surface area contributed by atoms with Gasteiger partial charge in [-0.05, 0) is 17.7 Å². The molecule has 1 aromatic carbocycles. The number of amides is 1. The molecule has 3 N–H and O–H groups in total. The van der Waals surface area contributed by atoms with Gasteiger partial charge in [0.15, 0.2) is 0 Å². The lowest BCUT2D eigenvalue weighted by molar-refractivity contribution is -0.140. The number of carbonyl (C=O) groups is 2. The smallest absolute Gasteiger partial charge is 0.326 e. The second-order valence-corrected chi connectivity index (χ2v) is 3.05. The van der Waals surface area contributed by atoms with E-state index in [0.29, 0.717) is 12.0 Å². The molecule has 5 nitrogen and oxygen atoms in total. The minimum atomic E-state index is -1.11. The second-order valence-electron chi connectivity index (χ2n) is 3.05. The molecule has 0 fully saturated rings. The van der Waals surface area contributed by atoms with Crippen molar-refractivity contribution in [3.05, 3.63) is 29.8 Å². The Balaban J connectivity index is 2.73. The van der Waals surface area contributed by atoms with E-state index in [9.17, 15) is 9.59 Å². The van der Waals surface area contributed by atoms with E-state index in [-0.39, 0.29) is 12.2 Å². The summed E-state index contributed by atoms with van der Waals surface area (Å²) < 4.78 is 0. The standard InChI is InChI=1S/C10H11NO4/c12-6-11-9(10(14)15)5-7-2-1-3-8(13)4-7/h1-4,6,9,13H,5H2,(H,11,12)(H,14,15)/t9-/m1/s1. The topological polar surface area (TPSA) is 86.6 Å². The molecule has 0 aromatic heterocycles. The molecule has 5 heteroatoms. The highest BCUT2D eigenvalue weighted by molar-refractivity contribution is 5.76. The first-order chi connectivity index (χ1) is 7.13. The summed E-state index contributed by atoms with van der Waals surface area (Å²) in [5, 5.41) is 20.1. The van der Waals surface area contributed by atoms with Crippen LogP contribution in [0.5, 0.6) is 5.75 Å². The number of phenolic OH excluding ortho intramolecular Hbond substituents is 1. The average Bonchev–Trinajstić information content (AvgIpc) is 2.17. The van der Waals surface area contributed by atoms with Gasteiger partial charge in [-0.2, -0.15) is 0 Å². The van der Waals surface area contributed by atoms with Crippen LogP contribution in [0, 0.1) is 0 Å². The van der Waals surface area contributed by atoms with Crippen LogP contribution in [-0.2, 0) is 16.0 Å². The van der Waals surface area contributed by atoms with Gasteiger partial charge >= 0.3 is 5.97 Å². The van der Waals surface area contributed by atoms with Gasteiger partial charge in [0, 0.05) is 6.42 Å². The largest absolute Gasteiger partial charge is 0.508 e. The molecule has 0 heterocycles. The van der Waals surface area contributed by atoms with Crippen molar-refractivity contribution in [2.45, 2.75) is 12.5 Å². The number of carboxylic acids is 1. The number of phenols is 1. The molecular weight excluding hydrogens is 198 g/mol. The molecule has 0 unspecified atom stereocenters. The number of hydrogen-bond donors (Lipinski definition) is 3. The fourth-order valence-electron chi connectivity index (χ4n) is 1.22. The number of rotatable bonds is 5. The van der Waals surface area contributed by atoms with Crippen molar-refractivity contribution < 1.29 is 19.8 Å². The maximum atomic E-state index is 10.7. The van der Waals surface area contributed by atoms with Gasteiger partial charge in [0.1, 0.15) is 11.8 Å². The van der Waals surface area contributed by atoms with Crippen molar-refractivity contribution in [2.24, 2.45) is 0 Å². The number of aromatic hydroxyl groups is 1. The highest BCUT2D eigenvalue weighted by Crippen LogP contribution is 2.12. The van der Waals surface area contributed by atoms with Gasteiger partial charge in [-0.3, -0.25) is 4.79 Å². The Morgan fingerprint density at radius 3 is 2.80 bits per heavy atom. The first-order valence-electron chi connectivity index (χ1n) is 4.34. The van der Waals surface area contributed by atoms with Gasteiger partial charge in [-0.15, -0.1) is 0 Å². The maximum absolute atomic E-state index is 10.7. The van der Waals surface area contributed by atoms with Crippen LogP contribution in [0.2, 0.25) is 0 Å². The van der Waals surface area contributed by atoms with Crippen molar-refractivity contribution in [1.82, 2.24) is 5.32 Å². The Morgan fingerprint density at radius 2 is 2.27 bits per heavy atom. The molecule has 0 bridgehead atoms. The lowest BCUT2D eigenvalue weighted by atomic mass is 10.1. The number of aliphatic carboxylic acids is 1. The van der Waals surface area contributed by atoms with Gasteiger partial charge in [-0.25, -0.2) is 4.79 Å². The van der Waals surface area contributed by atoms with E-state index in [4.69, 9.17) is 10.2 Å². The highest BCUT2D eigenvalue weighted by atomic mass is 16.4. The van der Waals surface area contributed by atoms with E-state index in [1.807, 2.05) is 0 Å². The SMILES string of the molecule is O=CN[C@H](Cc1cccc(O)c1)C(=O)O. The Hall–Kier alpha value is -2.04. The van der Waals surface area contributed by atoms with Gasteiger partial charge < -0.3 is 15.5 Å². The Kier molecular flexibility index (Phi) is 3.68. The second kappa shape index (κ2) is 4.99. The van der Waals surface area contributed by atoms with Gasteiger partial charge in [0.05, 0.1) is 0 Å². The minimum absolute atomic E-state index is 0.0720. The molecule has 0 aliphatic carbocycles. The highest BCUT2D eigenvalue weighted by Gasteiger charge is 2.16. The van der Waals surface area contributed by atoms with Crippen LogP contribution in [0.4, 0.5) is 0 Å². The predicted molar refractivity (Wildman–Crippen MR) is 52.4 cm³/mol. The van der Waals surface area contributed by atoms with Crippen molar-refractivity contribution in [1.29, 1.82) is 0 Å². The summed E-state index contributed by atoms with van der Waals surface area (Å²) in [6.45, 7) is 0. The molecule has 1 atom stereocenters. The van der Waals surface area contributed by atoms with Gasteiger partial charge in [0.25, 0.3) is 0 Å². The van der Waals surface area contributed by atoms with E-state index in [1.165, 1.54) is 12.1 Å². The quantitative estimate of drug-likeness (QED) is 0.602. The van der Waals surface area contributed by atoms with Crippen LogP contribution in [-0.4, -0.2) is 28.6 Å². The van der Waals surface area contributed by atoms with Gasteiger partial charge in [-0.1, -0.05) is 12.1 Å². The first kappa shape index (κ1) is 11.0. The molecule has 0 saturated carbocycles. The van der Waals surface area contributed by atoms with Crippen LogP contribution in [0.15, 0.2) is 24.3 Å². The fraction of sp³-hybridized carbons (Fsp3) is 0.200. The Labute approximate surface area is 86.4 Å². The summed E-state index contributed by atoms with van der Waals surface area (Å²) in [5.41, 5.74) is 0.650. The Morgan fingerprint density at radius 1 is 1.53 bits per heavy atom. The number of hydrogen-bond acceptors (Lipinski definition) is 3. The van der Waals surface area contributed by atoms with E-state index in [2.05, 4.69) is 5.32 Å². The fourth-order valence-corrected chi connectivity index (χ4v) is 1.22. The third kappa shape index (κ3) is 3.30. The van der Waals surface area contributed by atoms with E-state index in [1.54, 1.807) is 12.1 Å². The minimum Gasteiger partial charge on any atom is -0.508 e. The number of nitrogens with one attached hydrogen (secondary N) is 1. The van der Waals surface area contributed by atoms with Crippen molar-refractivity contribution in [2.75, 3.05) is 0 Å². The molecule has 1 amide bonds. The average molecular weight is 209 g/mol. The zero-order valence-electron chi connectivity index (χ0n) is 7.88. The van der Waals surface area contributed by atoms with Crippen LogP contribution in [0.3, 0.4) is 0 Å². The molecule has 80 valence electrons. The zero-order chi connectivity index (χ0) is 11.3. The molecule has 1 aromatic rings. The van der Waals surface area contributed by atoms with Crippen LogP contribution in [0.1, 0.15) is 5.56 Å². The number of carbonyl (C=O) groups excluding carboxylic acids is 1. The number of benzene rings is 1. The van der Waals surface area contributed by atoms with E-state index >= 15 is 0 Å². The van der Waals surface area contributed by atoms with Crippen molar-refractivity contribution in [3.63, 3.8) is 0 Å². The van der Waals surface area contributed by atoms with Crippen molar-refractivity contribution in [3.8, 4) is 5.75 Å². The molecule has 1 rings (SSSR count). The van der Waals surface area contributed by atoms with E-state index < -0.39 is 12.0 Å². The third-order valence-electron chi connectivity index (χ3n) is 1.92. The third-order valence-corrected chi connectivity index (χ3v) is 1.92. The molecular formula is C10H11NO4. The molecule has 0 saturated heterocycles. The number of carboxylic acid groups (broad SMARTS) is 1. The van der Waals surface area contributed by atoms with Crippen molar-refractivity contribution >= 4 is 12.4 Å². The monoisotopic (exact) mass is 209 g/mol. The first-order valence-corrected chi connectivity index (χ1v) is 4.34. The zero-order valence-corrected chi connectivity index (χ0v) is 7.88. The lowest BCUT2D eigenvalue weighted by Crippen LogP contribution is -2.37. The summed E-state index contributed by atoms with van der Waals surface area (Å²) in [6.07, 6.45) is 0.490. The molecule has 15 heavy (non-hydrogen) atoms. The van der Waals surface area contributed by atoms with Crippen LogP contribution < -0.4 is 5.32 Å². The summed E-state index contributed by atoms with van der Waals surface area (Å²) in [6, 6.07) is 5.28. The van der Waals surface area contributed by atoms with Crippen LogP contribution >= 0.6 is 0 Å². The van der Waals surface area contributed by atoms with E-state index in [0.717, 1.165) is 0 Å².